The van der Waals surface area contributed by atoms with Crippen molar-refractivity contribution in [2.75, 3.05) is 13.1 Å². The Morgan fingerprint density at radius 3 is 2.83 bits per heavy atom. The van der Waals surface area contributed by atoms with E-state index in [9.17, 15) is 4.79 Å². The highest BCUT2D eigenvalue weighted by Crippen LogP contribution is 2.11. The SMILES string of the molecule is Cl.Cl.O=C(NCCCc1nc2ccccc2[nH]1)[C@H]1CCCCN1. The number of amides is 1. The molecule has 7 heteroatoms. The number of rotatable bonds is 5. The summed E-state index contributed by atoms with van der Waals surface area (Å²) in [6.07, 6.45) is 5.03. The lowest BCUT2D eigenvalue weighted by atomic mass is 10.0. The second kappa shape index (κ2) is 9.75. The fourth-order valence-electron chi connectivity index (χ4n) is 2.79. The average molecular weight is 359 g/mol. The van der Waals surface area contributed by atoms with Crippen LogP contribution in [0.3, 0.4) is 0 Å². The number of halogens is 2. The highest BCUT2D eigenvalue weighted by atomic mass is 35.5. The Labute approximate surface area is 148 Å². The second-order valence-electron chi connectivity index (χ2n) is 5.60. The molecule has 0 unspecified atom stereocenters. The minimum Gasteiger partial charge on any atom is -0.355 e. The normalized spacial score (nSPS) is 17.1. The predicted molar refractivity (Wildman–Crippen MR) is 97.6 cm³/mol. The van der Waals surface area contributed by atoms with E-state index in [1.807, 2.05) is 24.3 Å². The van der Waals surface area contributed by atoms with Gasteiger partial charge < -0.3 is 15.6 Å². The summed E-state index contributed by atoms with van der Waals surface area (Å²) in [5, 5.41) is 6.28. The van der Waals surface area contributed by atoms with Crippen LogP contribution in [0.25, 0.3) is 11.0 Å². The Balaban J connectivity index is 0.00000132. The van der Waals surface area contributed by atoms with Crippen molar-refractivity contribution in [1.29, 1.82) is 0 Å². The standard InChI is InChI=1S/C16H22N4O.2ClH/c21-16(14-8-3-4-10-17-14)18-11-5-9-15-19-12-6-1-2-7-13(12)20-15;;/h1-2,6-7,14,17H,3-5,8-11H2,(H,18,21)(H,19,20);2*1H/t14-;;/m1../s1. The van der Waals surface area contributed by atoms with Gasteiger partial charge in [-0.1, -0.05) is 18.6 Å². The maximum atomic E-state index is 12.0. The first-order valence-electron chi connectivity index (χ1n) is 7.77. The van der Waals surface area contributed by atoms with Crippen LogP contribution in [-0.4, -0.2) is 35.0 Å². The number of fused-ring (bicyclic) bond motifs is 1. The van der Waals surface area contributed by atoms with E-state index in [1.165, 1.54) is 6.42 Å². The second-order valence-corrected chi connectivity index (χ2v) is 5.60. The summed E-state index contributed by atoms with van der Waals surface area (Å²) in [6.45, 7) is 1.66. The van der Waals surface area contributed by atoms with Crippen molar-refractivity contribution in [1.82, 2.24) is 20.6 Å². The van der Waals surface area contributed by atoms with Gasteiger partial charge in [0.1, 0.15) is 5.82 Å². The van der Waals surface area contributed by atoms with Crippen LogP contribution in [0, 0.1) is 0 Å². The molecule has 0 saturated carbocycles. The molecule has 1 atom stereocenters. The first-order chi connectivity index (χ1) is 10.3. The van der Waals surface area contributed by atoms with Crippen molar-refractivity contribution >= 4 is 41.8 Å². The number of aromatic nitrogens is 2. The van der Waals surface area contributed by atoms with E-state index in [4.69, 9.17) is 0 Å². The molecule has 1 aromatic heterocycles. The van der Waals surface area contributed by atoms with Crippen molar-refractivity contribution in [3.63, 3.8) is 0 Å². The number of aryl methyl sites for hydroxylation is 1. The number of benzene rings is 1. The van der Waals surface area contributed by atoms with Crippen LogP contribution in [0.2, 0.25) is 0 Å². The Bertz CT molecular complexity index is 578. The summed E-state index contributed by atoms with van der Waals surface area (Å²) in [5.41, 5.74) is 2.07. The molecule has 1 aromatic carbocycles. The molecule has 23 heavy (non-hydrogen) atoms. The van der Waals surface area contributed by atoms with Gasteiger partial charge in [0, 0.05) is 13.0 Å². The molecule has 0 aliphatic carbocycles. The van der Waals surface area contributed by atoms with Gasteiger partial charge in [-0.3, -0.25) is 4.79 Å². The summed E-state index contributed by atoms with van der Waals surface area (Å²) >= 11 is 0. The molecule has 0 bridgehead atoms. The quantitative estimate of drug-likeness (QED) is 0.719. The molecular formula is C16H24Cl2N4O. The molecule has 1 aliphatic rings. The fourth-order valence-corrected chi connectivity index (χ4v) is 2.79. The maximum Gasteiger partial charge on any atom is 0.237 e. The number of H-pyrrole nitrogens is 1. The fraction of sp³-hybridized carbons (Fsp3) is 0.500. The topological polar surface area (TPSA) is 69.8 Å². The van der Waals surface area contributed by atoms with Gasteiger partial charge in [0.25, 0.3) is 0 Å². The number of hydrogen-bond acceptors (Lipinski definition) is 3. The first kappa shape index (κ1) is 19.7. The van der Waals surface area contributed by atoms with Crippen LogP contribution in [0.15, 0.2) is 24.3 Å². The molecule has 1 aliphatic heterocycles. The molecule has 1 fully saturated rings. The lowest BCUT2D eigenvalue weighted by Crippen LogP contribution is -2.46. The molecule has 1 saturated heterocycles. The van der Waals surface area contributed by atoms with E-state index in [0.717, 1.165) is 49.1 Å². The largest absolute Gasteiger partial charge is 0.355 e. The van der Waals surface area contributed by atoms with Gasteiger partial charge in [-0.05, 0) is 37.9 Å². The molecule has 3 N–H and O–H groups in total. The smallest absolute Gasteiger partial charge is 0.237 e. The number of nitrogens with one attached hydrogen (secondary N) is 3. The molecule has 1 amide bonds. The predicted octanol–water partition coefficient (Wildman–Crippen LogP) is 2.60. The summed E-state index contributed by atoms with van der Waals surface area (Å²) in [4.78, 5) is 19.8. The molecule has 3 rings (SSSR count). The molecular weight excluding hydrogens is 335 g/mol. The van der Waals surface area contributed by atoms with Crippen LogP contribution >= 0.6 is 24.8 Å². The van der Waals surface area contributed by atoms with Gasteiger partial charge in [-0.25, -0.2) is 4.98 Å². The molecule has 0 spiro atoms. The summed E-state index contributed by atoms with van der Waals surface area (Å²) in [6, 6.07) is 8.03. The van der Waals surface area contributed by atoms with Gasteiger partial charge in [-0.15, -0.1) is 24.8 Å². The third-order valence-corrected chi connectivity index (χ3v) is 3.95. The molecule has 0 radical (unpaired) electrons. The monoisotopic (exact) mass is 358 g/mol. The Kier molecular flexibility index (Phi) is 8.37. The van der Waals surface area contributed by atoms with Crippen LogP contribution < -0.4 is 10.6 Å². The van der Waals surface area contributed by atoms with Crippen LogP contribution in [0.5, 0.6) is 0 Å². The number of nitrogens with zero attached hydrogens (tertiary/aromatic N) is 1. The molecule has 128 valence electrons. The Morgan fingerprint density at radius 2 is 2.09 bits per heavy atom. The van der Waals surface area contributed by atoms with Crippen molar-refractivity contribution in [3.05, 3.63) is 30.1 Å². The number of para-hydroxylation sites is 2. The maximum absolute atomic E-state index is 12.0. The van der Waals surface area contributed by atoms with E-state index in [-0.39, 0.29) is 36.8 Å². The van der Waals surface area contributed by atoms with Crippen LogP contribution in [0.1, 0.15) is 31.5 Å². The van der Waals surface area contributed by atoms with E-state index >= 15 is 0 Å². The van der Waals surface area contributed by atoms with E-state index in [2.05, 4.69) is 20.6 Å². The highest BCUT2D eigenvalue weighted by Gasteiger charge is 2.19. The van der Waals surface area contributed by atoms with Crippen molar-refractivity contribution in [2.24, 2.45) is 0 Å². The van der Waals surface area contributed by atoms with Crippen LogP contribution in [0.4, 0.5) is 0 Å². The molecule has 2 aromatic rings. The summed E-state index contributed by atoms with van der Waals surface area (Å²) in [5.74, 6) is 1.13. The van der Waals surface area contributed by atoms with Crippen LogP contribution in [-0.2, 0) is 11.2 Å². The number of carbonyl (C=O) groups excluding carboxylic acids is 1. The van der Waals surface area contributed by atoms with Crippen molar-refractivity contribution in [2.45, 2.75) is 38.1 Å². The molecule has 5 nitrogen and oxygen atoms in total. The minimum absolute atomic E-state index is 0. The van der Waals surface area contributed by atoms with Gasteiger partial charge in [0.15, 0.2) is 0 Å². The van der Waals surface area contributed by atoms with Crippen molar-refractivity contribution in [3.8, 4) is 0 Å². The van der Waals surface area contributed by atoms with Gasteiger partial charge >= 0.3 is 0 Å². The zero-order valence-electron chi connectivity index (χ0n) is 13.0. The number of piperidine rings is 1. The third kappa shape index (κ3) is 5.37. The number of hydrogen-bond donors (Lipinski definition) is 3. The molecule has 2 heterocycles. The number of imidazole rings is 1. The third-order valence-electron chi connectivity index (χ3n) is 3.95. The van der Waals surface area contributed by atoms with Gasteiger partial charge in [0.05, 0.1) is 17.1 Å². The zero-order chi connectivity index (χ0) is 14.5. The number of carbonyl (C=O) groups is 1. The minimum atomic E-state index is 0. The number of aromatic amines is 1. The first-order valence-corrected chi connectivity index (χ1v) is 7.77. The summed E-state index contributed by atoms with van der Waals surface area (Å²) in [7, 11) is 0. The lowest BCUT2D eigenvalue weighted by molar-refractivity contribution is -0.123. The average Bonchev–Trinajstić information content (AvgIpc) is 2.95. The zero-order valence-corrected chi connectivity index (χ0v) is 14.6. The Hall–Kier alpha value is -1.30. The van der Waals surface area contributed by atoms with Gasteiger partial charge in [-0.2, -0.15) is 0 Å². The van der Waals surface area contributed by atoms with Gasteiger partial charge in [0.2, 0.25) is 5.91 Å². The highest BCUT2D eigenvalue weighted by molar-refractivity contribution is 5.85. The van der Waals surface area contributed by atoms with Crippen molar-refractivity contribution < 1.29 is 4.79 Å². The van der Waals surface area contributed by atoms with E-state index in [1.54, 1.807) is 0 Å². The summed E-state index contributed by atoms with van der Waals surface area (Å²) < 4.78 is 0. The van der Waals surface area contributed by atoms with E-state index in [0.29, 0.717) is 6.54 Å². The van der Waals surface area contributed by atoms with E-state index < -0.39 is 0 Å². The Morgan fingerprint density at radius 1 is 1.26 bits per heavy atom. The lowest BCUT2D eigenvalue weighted by Gasteiger charge is -2.22.